The Labute approximate surface area is 173 Å². The van der Waals surface area contributed by atoms with Gasteiger partial charge in [0.15, 0.2) is 5.01 Å². The number of nitrogens with one attached hydrogen (secondary N) is 2. The number of ether oxygens (including phenoxy) is 1. The zero-order chi connectivity index (χ0) is 20.3. The molecule has 0 aliphatic rings. The summed E-state index contributed by atoms with van der Waals surface area (Å²) in [5.41, 5.74) is 1.14. The first-order valence-electron chi connectivity index (χ1n) is 7.65. The average Bonchev–Trinajstić information content (AvgIpc) is 3.12. The van der Waals surface area contributed by atoms with E-state index in [-0.39, 0.29) is 15.9 Å². The summed E-state index contributed by atoms with van der Waals surface area (Å²) in [4.78, 5) is 23.5. The van der Waals surface area contributed by atoms with Gasteiger partial charge in [-0.25, -0.2) is 9.59 Å². The number of esters is 1. The van der Waals surface area contributed by atoms with Gasteiger partial charge in [-0.15, -0.1) is 10.2 Å². The lowest BCUT2D eigenvalue weighted by Gasteiger charge is -2.06. The van der Waals surface area contributed by atoms with E-state index in [2.05, 4.69) is 25.6 Å². The fraction of sp³-hybridized carbons (Fsp3) is 0.0588. The number of aromatic nitrogens is 2. The normalized spacial score (nSPS) is 10.4. The topological polar surface area (TPSA) is 113 Å². The molecule has 0 saturated heterocycles. The van der Waals surface area contributed by atoms with Crippen molar-refractivity contribution in [2.75, 3.05) is 17.7 Å². The predicted octanol–water partition coefficient (Wildman–Crippen LogP) is 4.65. The van der Waals surface area contributed by atoms with Crippen molar-refractivity contribution < 1.29 is 19.4 Å². The minimum absolute atomic E-state index is 0.0837. The van der Waals surface area contributed by atoms with E-state index in [1.165, 1.54) is 31.4 Å². The number of nitrogens with zero attached hydrogens (tertiary/aromatic N) is 2. The Balaban J connectivity index is 1.68. The summed E-state index contributed by atoms with van der Waals surface area (Å²) in [5.74, 6) is -0.648. The Kier molecular flexibility index (Phi) is 5.98. The van der Waals surface area contributed by atoms with Gasteiger partial charge in [-0.1, -0.05) is 34.5 Å². The number of hydrogen-bond acceptors (Lipinski definition) is 7. The molecule has 0 unspecified atom stereocenters. The molecule has 0 spiro atoms. The summed E-state index contributed by atoms with van der Waals surface area (Å²) >= 11 is 12.9. The van der Waals surface area contributed by atoms with E-state index in [1.54, 1.807) is 12.1 Å². The molecule has 0 aliphatic heterocycles. The number of carbonyl (C=O) groups excluding carboxylic acids is 2. The van der Waals surface area contributed by atoms with E-state index in [9.17, 15) is 14.7 Å². The third kappa shape index (κ3) is 4.50. The Hall–Kier alpha value is -2.88. The van der Waals surface area contributed by atoms with Crippen molar-refractivity contribution in [1.82, 2.24) is 10.2 Å². The Morgan fingerprint density at radius 1 is 1.11 bits per heavy atom. The molecule has 0 fully saturated rings. The molecule has 0 radical (unpaired) electrons. The number of rotatable bonds is 4. The molecule has 28 heavy (non-hydrogen) atoms. The number of hydrogen-bond donors (Lipinski definition) is 3. The van der Waals surface area contributed by atoms with E-state index in [1.807, 2.05) is 0 Å². The summed E-state index contributed by atoms with van der Waals surface area (Å²) in [6.45, 7) is 0. The lowest BCUT2D eigenvalue weighted by Crippen LogP contribution is -2.19. The molecule has 144 valence electrons. The quantitative estimate of drug-likeness (QED) is 0.510. The zero-order valence-electron chi connectivity index (χ0n) is 14.2. The van der Waals surface area contributed by atoms with Crippen LogP contribution >= 0.6 is 34.5 Å². The summed E-state index contributed by atoms with van der Waals surface area (Å²) in [5, 5.41) is 23.9. The van der Waals surface area contributed by atoms with Crippen molar-refractivity contribution in [1.29, 1.82) is 0 Å². The Morgan fingerprint density at radius 2 is 1.82 bits per heavy atom. The highest BCUT2D eigenvalue weighted by atomic mass is 35.5. The molecule has 1 aromatic heterocycles. The van der Waals surface area contributed by atoms with Gasteiger partial charge in [0.25, 0.3) is 0 Å². The highest BCUT2D eigenvalue weighted by molar-refractivity contribution is 7.18. The fourth-order valence-corrected chi connectivity index (χ4v) is 3.43. The van der Waals surface area contributed by atoms with E-state index in [0.29, 0.717) is 26.8 Å². The SMILES string of the molecule is COC(=O)c1ccc(NC(=O)Nc2nnc(-c3cc(Cl)cc(Cl)c3O)s2)cc1. The number of phenols is 1. The summed E-state index contributed by atoms with van der Waals surface area (Å²) in [6.07, 6.45) is 0. The van der Waals surface area contributed by atoms with Gasteiger partial charge in [-0.05, 0) is 36.4 Å². The van der Waals surface area contributed by atoms with Gasteiger partial charge in [-0.3, -0.25) is 5.32 Å². The van der Waals surface area contributed by atoms with E-state index < -0.39 is 12.0 Å². The molecule has 8 nitrogen and oxygen atoms in total. The van der Waals surface area contributed by atoms with Crippen LogP contribution in [0.15, 0.2) is 36.4 Å². The van der Waals surface area contributed by atoms with Gasteiger partial charge in [0.05, 0.1) is 23.3 Å². The van der Waals surface area contributed by atoms with Crippen molar-refractivity contribution >= 4 is 57.4 Å². The van der Waals surface area contributed by atoms with Gasteiger partial charge < -0.3 is 15.2 Å². The smallest absolute Gasteiger partial charge is 0.337 e. The minimum Gasteiger partial charge on any atom is -0.506 e. The van der Waals surface area contributed by atoms with E-state index in [0.717, 1.165) is 11.3 Å². The van der Waals surface area contributed by atoms with Gasteiger partial charge in [0, 0.05) is 10.7 Å². The van der Waals surface area contributed by atoms with Crippen molar-refractivity contribution in [3.05, 3.63) is 52.0 Å². The molecule has 2 amide bonds. The van der Waals surface area contributed by atoms with Crippen LogP contribution in [0.5, 0.6) is 5.75 Å². The van der Waals surface area contributed by atoms with Crippen molar-refractivity contribution in [2.45, 2.75) is 0 Å². The highest BCUT2D eigenvalue weighted by Gasteiger charge is 2.16. The van der Waals surface area contributed by atoms with Crippen LogP contribution in [0, 0.1) is 0 Å². The molecule has 2 aromatic carbocycles. The van der Waals surface area contributed by atoms with Gasteiger partial charge in [-0.2, -0.15) is 0 Å². The Bertz CT molecular complexity index is 1040. The Morgan fingerprint density at radius 3 is 2.50 bits per heavy atom. The molecule has 0 aliphatic carbocycles. The first-order chi connectivity index (χ1) is 13.4. The third-order valence-corrected chi connectivity index (χ3v) is 4.85. The lowest BCUT2D eigenvalue weighted by atomic mass is 10.2. The average molecular weight is 439 g/mol. The van der Waals surface area contributed by atoms with Crippen LogP contribution in [0.3, 0.4) is 0 Å². The van der Waals surface area contributed by atoms with Crippen LogP contribution in [0.2, 0.25) is 10.0 Å². The molecular formula is C17H12Cl2N4O4S. The van der Waals surface area contributed by atoms with Crippen molar-refractivity contribution in [3.8, 4) is 16.3 Å². The van der Waals surface area contributed by atoms with Crippen LogP contribution in [-0.2, 0) is 4.74 Å². The van der Waals surface area contributed by atoms with E-state index >= 15 is 0 Å². The first kappa shape index (κ1) is 19.9. The van der Waals surface area contributed by atoms with Crippen molar-refractivity contribution in [3.63, 3.8) is 0 Å². The maximum Gasteiger partial charge on any atom is 0.337 e. The molecule has 11 heteroatoms. The minimum atomic E-state index is -0.554. The van der Waals surface area contributed by atoms with Gasteiger partial charge in [0.2, 0.25) is 5.13 Å². The number of carbonyl (C=O) groups is 2. The number of amides is 2. The van der Waals surface area contributed by atoms with E-state index in [4.69, 9.17) is 23.2 Å². The fourth-order valence-electron chi connectivity index (χ4n) is 2.18. The maximum atomic E-state index is 12.1. The second-order valence-corrected chi connectivity index (χ2v) is 7.17. The van der Waals surface area contributed by atoms with Crippen LogP contribution < -0.4 is 10.6 Å². The summed E-state index contributed by atoms with van der Waals surface area (Å²) < 4.78 is 4.61. The standard InChI is InChI=1S/C17H12Cl2N4O4S/c1-27-15(25)8-2-4-10(5-3-8)20-16(26)21-17-23-22-14(28-17)11-6-9(18)7-12(19)13(11)24/h2-7,24H,1H3,(H2,20,21,23,26). The zero-order valence-corrected chi connectivity index (χ0v) is 16.5. The number of aromatic hydroxyl groups is 1. The van der Waals surface area contributed by atoms with Crippen molar-refractivity contribution in [2.24, 2.45) is 0 Å². The largest absolute Gasteiger partial charge is 0.506 e. The molecule has 0 bridgehead atoms. The van der Waals surface area contributed by atoms with Crippen LogP contribution in [0.1, 0.15) is 10.4 Å². The number of anilines is 2. The summed E-state index contributed by atoms with van der Waals surface area (Å²) in [6, 6.07) is 8.51. The number of phenolic OH excluding ortho intramolecular Hbond substituents is 1. The third-order valence-electron chi connectivity index (χ3n) is 3.47. The number of urea groups is 1. The summed E-state index contributed by atoms with van der Waals surface area (Å²) in [7, 11) is 1.29. The van der Waals surface area contributed by atoms with Crippen LogP contribution in [0.4, 0.5) is 15.6 Å². The van der Waals surface area contributed by atoms with Gasteiger partial charge in [0.1, 0.15) is 5.75 Å². The number of halogens is 2. The highest BCUT2D eigenvalue weighted by Crippen LogP contribution is 2.39. The maximum absolute atomic E-state index is 12.1. The second-order valence-electron chi connectivity index (χ2n) is 5.34. The number of methoxy groups -OCH3 is 1. The molecular weight excluding hydrogens is 427 g/mol. The molecule has 3 N–H and O–H groups in total. The molecule has 3 rings (SSSR count). The molecule has 1 heterocycles. The molecule has 3 aromatic rings. The first-order valence-corrected chi connectivity index (χ1v) is 9.23. The van der Waals surface area contributed by atoms with Crippen LogP contribution in [-0.4, -0.2) is 34.4 Å². The second kappa shape index (κ2) is 8.42. The monoisotopic (exact) mass is 438 g/mol. The lowest BCUT2D eigenvalue weighted by molar-refractivity contribution is 0.0600. The predicted molar refractivity (Wildman–Crippen MR) is 107 cm³/mol. The number of benzene rings is 2. The van der Waals surface area contributed by atoms with Gasteiger partial charge >= 0.3 is 12.0 Å². The van der Waals surface area contributed by atoms with Crippen LogP contribution in [0.25, 0.3) is 10.6 Å². The molecule has 0 saturated carbocycles. The molecule has 0 atom stereocenters.